The van der Waals surface area contributed by atoms with Crippen molar-refractivity contribution in [3.05, 3.63) is 35.4 Å². The summed E-state index contributed by atoms with van der Waals surface area (Å²) in [4.78, 5) is 27.3. The van der Waals surface area contributed by atoms with Gasteiger partial charge in [0.05, 0.1) is 6.54 Å². The quantitative estimate of drug-likeness (QED) is 0.887. The van der Waals surface area contributed by atoms with E-state index in [9.17, 15) is 9.59 Å². The molecule has 0 spiro atoms. The van der Waals surface area contributed by atoms with Crippen molar-refractivity contribution in [1.82, 2.24) is 9.80 Å². The van der Waals surface area contributed by atoms with E-state index in [4.69, 9.17) is 5.73 Å². The third kappa shape index (κ3) is 4.56. The zero-order valence-electron chi connectivity index (χ0n) is 13.4. The van der Waals surface area contributed by atoms with E-state index in [-0.39, 0.29) is 17.7 Å². The Morgan fingerprint density at radius 2 is 1.82 bits per heavy atom. The molecule has 1 heterocycles. The number of likely N-dealkylation sites (N-methyl/N-ethyl adjacent to an activating group) is 1. The molecule has 0 atom stereocenters. The van der Waals surface area contributed by atoms with Crippen LogP contribution >= 0.6 is 0 Å². The number of hydrogen-bond donors (Lipinski definition) is 1. The summed E-state index contributed by atoms with van der Waals surface area (Å²) in [6, 6.07) is 8.22. The number of carbonyl (C=O) groups excluding carboxylic acids is 2. The summed E-state index contributed by atoms with van der Waals surface area (Å²) in [5, 5.41) is 0. The van der Waals surface area contributed by atoms with E-state index in [1.165, 1.54) is 5.56 Å². The fraction of sp³-hybridized carbons (Fsp3) is 0.529. The number of hydrogen-bond acceptors (Lipinski definition) is 3. The maximum absolute atomic E-state index is 12.3. The molecule has 5 nitrogen and oxygen atoms in total. The molecule has 1 aromatic carbocycles. The Bertz CT molecular complexity index is 519. The number of rotatable bonds is 5. The van der Waals surface area contributed by atoms with Gasteiger partial charge >= 0.3 is 0 Å². The minimum atomic E-state index is -0.220. The molecule has 0 aliphatic carbocycles. The van der Waals surface area contributed by atoms with Crippen molar-refractivity contribution in [2.45, 2.75) is 26.3 Å². The molecule has 1 saturated heterocycles. The van der Waals surface area contributed by atoms with Gasteiger partial charge in [-0.25, -0.2) is 0 Å². The molecule has 1 aliphatic rings. The van der Waals surface area contributed by atoms with Gasteiger partial charge in [-0.1, -0.05) is 29.8 Å². The van der Waals surface area contributed by atoms with Gasteiger partial charge < -0.3 is 10.6 Å². The van der Waals surface area contributed by atoms with Crippen LogP contribution in [0.4, 0.5) is 0 Å². The van der Waals surface area contributed by atoms with Crippen LogP contribution in [-0.2, 0) is 16.1 Å². The SMILES string of the molecule is Cc1ccc(CN(C)C(=O)CN2CCC(C(N)=O)CC2)cc1. The van der Waals surface area contributed by atoms with Gasteiger partial charge in [-0.2, -0.15) is 0 Å². The van der Waals surface area contributed by atoms with Crippen molar-refractivity contribution >= 4 is 11.8 Å². The average molecular weight is 303 g/mol. The first-order valence-electron chi connectivity index (χ1n) is 7.77. The summed E-state index contributed by atoms with van der Waals surface area (Å²) in [5.74, 6) is -0.141. The number of piperidine rings is 1. The second kappa shape index (κ2) is 7.40. The number of benzene rings is 1. The molecule has 1 aromatic rings. The van der Waals surface area contributed by atoms with E-state index in [1.807, 2.05) is 14.0 Å². The molecule has 0 unspecified atom stereocenters. The van der Waals surface area contributed by atoms with Crippen LogP contribution in [0.25, 0.3) is 0 Å². The van der Waals surface area contributed by atoms with Gasteiger partial charge in [-0.05, 0) is 38.4 Å². The van der Waals surface area contributed by atoms with E-state index in [0.717, 1.165) is 31.5 Å². The highest BCUT2D eigenvalue weighted by molar-refractivity contribution is 5.78. The fourth-order valence-corrected chi connectivity index (χ4v) is 2.74. The number of likely N-dealkylation sites (tertiary alicyclic amines) is 1. The number of primary amides is 1. The molecule has 120 valence electrons. The van der Waals surface area contributed by atoms with Crippen LogP contribution in [0.3, 0.4) is 0 Å². The van der Waals surface area contributed by atoms with Crippen LogP contribution < -0.4 is 5.73 Å². The van der Waals surface area contributed by atoms with Crippen molar-refractivity contribution in [2.24, 2.45) is 11.7 Å². The summed E-state index contributed by atoms with van der Waals surface area (Å²) in [7, 11) is 1.83. The Kier molecular flexibility index (Phi) is 5.55. The Morgan fingerprint density at radius 3 is 2.36 bits per heavy atom. The van der Waals surface area contributed by atoms with Crippen LogP contribution in [0.2, 0.25) is 0 Å². The Morgan fingerprint density at radius 1 is 1.23 bits per heavy atom. The number of amides is 2. The number of aryl methyl sites for hydroxylation is 1. The third-order valence-electron chi connectivity index (χ3n) is 4.31. The summed E-state index contributed by atoms with van der Waals surface area (Å²) < 4.78 is 0. The Balaban J connectivity index is 1.79. The highest BCUT2D eigenvalue weighted by Gasteiger charge is 2.24. The topological polar surface area (TPSA) is 66.6 Å². The van der Waals surface area contributed by atoms with E-state index >= 15 is 0 Å². The molecule has 5 heteroatoms. The monoisotopic (exact) mass is 303 g/mol. The average Bonchev–Trinajstić information content (AvgIpc) is 2.50. The van der Waals surface area contributed by atoms with Gasteiger partial charge in [0.2, 0.25) is 11.8 Å². The summed E-state index contributed by atoms with van der Waals surface area (Å²) in [5.41, 5.74) is 7.68. The highest BCUT2D eigenvalue weighted by atomic mass is 16.2. The summed E-state index contributed by atoms with van der Waals surface area (Å²) in [6.07, 6.45) is 1.51. The van der Waals surface area contributed by atoms with Crippen LogP contribution in [0.15, 0.2) is 24.3 Å². The number of nitrogens with two attached hydrogens (primary N) is 1. The first kappa shape index (κ1) is 16.5. The fourth-order valence-electron chi connectivity index (χ4n) is 2.74. The predicted molar refractivity (Wildman–Crippen MR) is 86.0 cm³/mol. The second-order valence-corrected chi connectivity index (χ2v) is 6.19. The molecule has 1 aliphatic heterocycles. The maximum Gasteiger partial charge on any atom is 0.236 e. The van der Waals surface area contributed by atoms with Gasteiger partial charge in [0.1, 0.15) is 0 Å². The molecule has 0 saturated carbocycles. The lowest BCUT2D eigenvalue weighted by molar-refractivity contribution is -0.132. The standard InChI is InChI=1S/C17H25N3O2/c1-13-3-5-14(6-4-13)11-19(2)16(21)12-20-9-7-15(8-10-20)17(18)22/h3-6,15H,7-12H2,1-2H3,(H2,18,22). The molecule has 0 bridgehead atoms. The molecular formula is C17H25N3O2. The van der Waals surface area contributed by atoms with E-state index in [2.05, 4.69) is 29.2 Å². The second-order valence-electron chi connectivity index (χ2n) is 6.19. The molecule has 2 amide bonds. The van der Waals surface area contributed by atoms with Crippen LogP contribution in [0.1, 0.15) is 24.0 Å². The molecule has 0 aromatic heterocycles. The van der Waals surface area contributed by atoms with Crippen molar-refractivity contribution in [1.29, 1.82) is 0 Å². The van der Waals surface area contributed by atoms with Crippen molar-refractivity contribution < 1.29 is 9.59 Å². The van der Waals surface area contributed by atoms with E-state index in [0.29, 0.717) is 13.1 Å². The Labute approximate surface area is 132 Å². The molecule has 22 heavy (non-hydrogen) atoms. The summed E-state index contributed by atoms with van der Waals surface area (Å²) in [6.45, 7) is 4.61. The smallest absolute Gasteiger partial charge is 0.236 e. The van der Waals surface area contributed by atoms with Gasteiger partial charge in [-0.3, -0.25) is 14.5 Å². The third-order valence-corrected chi connectivity index (χ3v) is 4.31. The first-order chi connectivity index (χ1) is 10.5. The van der Waals surface area contributed by atoms with E-state index in [1.54, 1.807) is 4.90 Å². The van der Waals surface area contributed by atoms with Crippen LogP contribution in [0.5, 0.6) is 0 Å². The highest BCUT2D eigenvalue weighted by Crippen LogP contribution is 2.16. The van der Waals surface area contributed by atoms with E-state index < -0.39 is 0 Å². The minimum absolute atomic E-state index is 0.0309. The lowest BCUT2D eigenvalue weighted by Gasteiger charge is -2.31. The van der Waals surface area contributed by atoms with Crippen molar-refractivity contribution in [3.8, 4) is 0 Å². The van der Waals surface area contributed by atoms with Crippen molar-refractivity contribution in [2.75, 3.05) is 26.7 Å². The minimum Gasteiger partial charge on any atom is -0.369 e. The summed E-state index contributed by atoms with van der Waals surface area (Å²) >= 11 is 0. The van der Waals surface area contributed by atoms with Gasteiger partial charge in [0.25, 0.3) is 0 Å². The number of carbonyl (C=O) groups is 2. The molecule has 2 rings (SSSR count). The van der Waals surface area contributed by atoms with Gasteiger partial charge in [0.15, 0.2) is 0 Å². The lowest BCUT2D eigenvalue weighted by Crippen LogP contribution is -2.43. The van der Waals surface area contributed by atoms with Crippen LogP contribution in [-0.4, -0.2) is 48.3 Å². The normalized spacial score (nSPS) is 16.5. The molecule has 1 fully saturated rings. The zero-order valence-corrected chi connectivity index (χ0v) is 13.4. The Hall–Kier alpha value is -1.88. The molecule has 2 N–H and O–H groups in total. The predicted octanol–water partition coefficient (Wildman–Crippen LogP) is 1.15. The van der Waals surface area contributed by atoms with Crippen molar-refractivity contribution in [3.63, 3.8) is 0 Å². The van der Waals surface area contributed by atoms with Crippen LogP contribution in [0, 0.1) is 12.8 Å². The largest absolute Gasteiger partial charge is 0.369 e. The van der Waals surface area contributed by atoms with Gasteiger partial charge in [0, 0.05) is 19.5 Å². The zero-order chi connectivity index (χ0) is 16.1. The molecule has 0 radical (unpaired) electrons. The lowest BCUT2D eigenvalue weighted by atomic mass is 9.96. The first-order valence-corrected chi connectivity index (χ1v) is 7.77. The van der Waals surface area contributed by atoms with Gasteiger partial charge in [-0.15, -0.1) is 0 Å². The number of nitrogens with zero attached hydrogens (tertiary/aromatic N) is 2. The molecular weight excluding hydrogens is 278 g/mol. The maximum atomic E-state index is 12.3.